The molecule has 2 unspecified atom stereocenters. The molecule has 5 nitrogen and oxygen atoms in total. The van der Waals surface area contributed by atoms with Crippen LogP contribution in [0.15, 0.2) is 0 Å². The lowest BCUT2D eigenvalue weighted by atomic mass is 9.91. The molecule has 0 aliphatic carbocycles. The molecule has 2 rings (SSSR count). The minimum atomic E-state index is 0.259. The van der Waals surface area contributed by atoms with Gasteiger partial charge in [0.25, 0.3) is 0 Å². The van der Waals surface area contributed by atoms with E-state index in [1.807, 2.05) is 6.92 Å². The topological polar surface area (TPSA) is 53.6 Å². The van der Waals surface area contributed by atoms with Crippen LogP contribution in [0.1, 0.15) is 52.4 Å². The van der Waals surface area contributed by atoms with Crippen LogP contribution >= 0.6 is 0 Å². The Hall–Kier alpha value is -0.650. The Labute approximate surface area is 147 Å². The average molecular weight is 340 g/mol. The second-order valence-electron chi connectivity index (χ2n) is 7.52. The Bertz CT molecular complexity index is 359. The van der Waals surface area contributed by atoms with Crippen LogP contribution in [0.4, 0.5) is 0 Å². The van der Waals surface area contributed by atoms with Gasteiger partial charge in [0.15, 0.2) is 0 Å². The van der Waals surface area contributed by atoms with E-state index in [1.54, 1.807) is 0 Å². The summed E-state index contributed by atoms with van der Waals surface area (Å²) >= 11 is 0. The highest BCUT2D eigenvalue weighted by Crippen LogP contribution is 2.19. The fourth-order valence-corrected chi connectivity index (χ4v) is 3.97. The van der Waals surface area contributed by atoms with E-state index in [4.69, 9.17) is 4.74 Å². The zero-order valence-corrected chi connectivity index (χ0v) is 15.7. The fourth-order valence-electron chi connectivity index (χ4n) is 3.97. The number of carbonyl (C=O) groups is 1. The molecule has 2 aliphatic heterocycles. The molecule has 0 radical (unpaired) electrons. The predicted octanol–water partition coefficient (Wildman–Crippen LogP) is 2.02. The first kappa shape index (κ1) is 19.7. The molecule has 24 heavy (non-hydrogen) atoms. The van der Waals surface area contributed by atoms with Gasteiger partial charge in [-0.2, -0.15) is 0 Å². The van der Waals surface area contributed by atoms with E-state index in [0.29, 0.717) is 18.4 Å². The summed E-state index contributed by atoms with van der Waals surface area (Å²) in [5, 5.41) is 6.69. The number of likely N-dealkylation sites (tertiary alicyclic amines) is 1. The summed E-state index contributed by atoms with van der Waals surface area (Å²) in [6, 6.07) is 0.355. The van der Waals surface area contributed by atoms with Crippen LogP contribution in [-0.4, -0.2) is 62.8 Å². The van der Waals surface area contributed by atoms with Crippen LogP contribution in [0.3, 0.4) is 0 Å². The number of carbonyl (C=O) groups excluding carboxylic acids is 1. The first-order valence-corrected chi connectivity index (χ1v) is 9.99. The van der Waals surface area contributed by atoms with Crippen molar-refractivity contribution in [2.75, 3.05) is 45.9 Å². The maximum atomic E-state index is 12.3. The summed E-state index contributed by atoms with van der Waals surface area (Å²) in [6.45, 7) is 11.5. The van der Waals surface area contributed by atoms with Crippen LogP contribution < -0.4 is 10.6 Å². The standard InChI is InChI=1S/C19H37N3O2/c1-3-24-14-4-12-22-13-9-18(16(2)15-22)21-19(23)6-5-17-7-10-20-11-8-17/h16-18,20H,3-15H2,1-2H3,(H,21,23). The summed E-state index contributed by atoms with van der Waals surface area (Å²) in [4.78, 5) is 14.8. The van der Waals surface area contributed by atoms with Gasteiger partial charge in [-0.3, -0.25) is 4.79 Å². The Morgan fingerprint density at radius 3 is 2.79 bits per heavy atom. The van der Waals surface area contributed by atoms with Crippen LogP contribution in [0.25, 0.3) is 0 Å². The minimum absolute atomic E-state index is 0.259. The first-order chi connectivity index (χ1) is 11.7. The molecule has 2 atom stereocenters. The molecule has 2 fully saturated rings. The highest BCUT2D eigenvalue weighted by Gasteiger charge is 2.27. The number of ether oxygens (including phenoxy) is 1. The molecular formula is C19H37N3O2. The van der Waals surface area contributed by atoms with E-state index in [1.165, 1.54) is 12.8 Å². The zero-order chi connectivity index (χ0) is 17.2. The minimum Gasteiger partial charge on any atom is -0.382 e. The average Bonchev–Trinajstić information content (AvgIpc) is 2.60. The van der Waals surface area contributed by atoms with Crippen molar-refractivity contribution in [3.8, 4) is 0 Å². The second kappa shape index (κ2) is 11.1. The summed E-state index contributed by atoms with van der Waals surface area (Å²) in [7, 11) is 0. The predicted molar refractivity (Wildman–Crippen MR) is 98.1 cm³/mol. The number of hydrogen-bond acceptors (Lipinski definition) is 4. The molecule has 0 aromatic heterocycles. The van der Waals surface area contributed by atoms with Gasteiger partial charge < -0.3 is 20.3 Å². The Kier molecular flexibility index (Phi) is 9.07. The third-order valence-electron chi connectivity index (χ3n) is 5.54. The smallest absolute Gasteiger partial charge is 0.220 e. The number of nitrogens with one attached hydrogen (secondary N) is 2. The third kappa shape index (κ3) is 7.08. The van der Waals surface area contributed by atoms with Gasteiger partial charge in [0.05, 0.1) is 0 Å². The van der Waals surface area contributed by atoms with Gasteiger partial charge in [0, 0.05) is 45.3 Å². The third-order valence-corrected chi connectivity index (χ3v) is 5.54. The lowest BCUT2D eigenvalue weighted by molar-refractivity contribution is -0.122. The van der Waals surface area contributed by atoms with E-state index >= 15 is 0 Å². The van der Waals surface area contributed by atoms with Crippen molar-refractivity contribution in [1.82, 2.24) is 15.5 Å². The second-order valence-corrected chi connectivity index (χ2v) is 7.52. The molecule has 2 saturated heterocycles. The summed E-state index contributed by atoms with van der Waals surface area (Å²) in [5.41, 5.74) is 0. The Morgan fingerprint density at radius 1 is 1.29 bits per heavy atom. The molecule has 5 heteroatoms. The van der Waals surface area contributed by atoms with Crippen molar-refractivity contribution in [3.63, 3.8) is 0 Å². The summed E-state index contributed by atoms with van der Waals surface area (Å²) in [6.07, 6.45) is 6.39. The number of rotatable bonds is 9. The molecule has 0 aromatic rings. The zero-order valence-electron chi connectivity index (χ0n) is 15.7. The molecule has 0 saturated carbocycles. The van der Waals surface area contributed by atoms with Gasteiger partial charge in [-0.25, -0.2) is 0 Å². The molecule has 1 amide bonds. The molecule has 0 spiro atoms. The maximum absolute atomic E-state index is 12.3. The number of hydrogen-bond donors (Lipinski definition) is 2. The van der Waals surface area contributed by atoms with Gasteiger partial charge in [-0.1, -0.05) is 6.92 Å². The molecule has 2 aliphatic rings. The maximum Gasteiger partial charge on any atom is 0.220 e. The van der Waals surface area contributed by atoms with E-state index < -0.39 is 0 Å². The largest absolute Gasteiger partial charge is 0.382 e. The van der Waals surface area contributed by atoms with E-state index in [0.717, 1.165) is 71.1 Å². The SMILES string of the molecule is CCOCCCN1CCC(NC(=O)CCC2CCNCC2)C(C)C1. The van der Waals surface area contributed by atoms with Crippen LogP contribution in [0.2, 0.25) is 0 Å². The van der Waals surface area contributed by atoms with E-state index in [-0.39, 0.29) is 5.91 Å². The van der Waals surface area contributed by atoms with Crippen molar-refractivity contribution >= 4 is 5.91 Å². The van der Waals surface area contributed by atoms with E-state index in [9.17, 15) is 4.79 Å². The van der Waals surface area contributed by atoms with Crippen molar-refractivity contribution in [2.24, 2.45) is 11.8 Å². The molecule has 0 bridgehead atoms. The Morgan fingerprint density at radius 2 is 2.08 bits per heavy atom. The van der Waals surface area contributed by atoms with Crippen LogP contribution in [-0.2, 0) is 9.53 Å². The number of piperidine rings is 2. The monoisotopic (exact) mass is 339 g/mol. The van der Waals surface area contributed by atoms with Crippen molar-refractivity contribution in [2.45, 2.75) is 58.4 Å². The highest BCUT2D eigenvalue weighted by molar-refractivity contribution is 5.76. The normalized spacial score (nSPS) is 26.4. The Balaban J connectivity index is 1.60. The van der Waals surface area contributed by atoms with Gasteiger partial charge in [0.1, 0.15) is 0 Å². The van der Waals surface area contributed by atoms with Gasteiger partial charge in [-0.15, -0.1) is 0 Å². The fraction of sp³-hybridized carbons (Fsp3) is 0.947. The molecule has 140 valence electrons. The highest BCUT2D eigenvalue weighted by atomic mass is 16.5. The summed E-state index contributed by atoms with van der Waals surface area (Å²) < 4.78 is 5.41. The molecular weight excluding hydrogens is 302 g/mol. The lowest BCUT2D eigenvalue weighted by Crippen LogP contribution is -2.50. The molecule has 2 heterocycles. The summed E-state index contributed by atoms with van der Waals surface area (Å²) in [5.74, 6) is 1.53. The van der Waals surface area contributed by atoms with Gasteiger partial charge >= 0.3 is 0 Å². The van der Waals surface area contributed by atoms with Crippen molar-refractivity contribution in [1.29, 1.82) is 0 Å². The molecule has 2 N–H and O–H groups in total. The van der Waals surface area contributed by atoms with Gasteiger partial charge in [-0.05, 0) is 64.0 Å². The van der Waals surface area contributed by atoms with Crippen molar-refractivity contribution < 1.29 is 9.53 Å². The van der Waals surface area contributed by atoms with Crippen LogP contribution in [0, 0.1) is 11.8 Å². The van der Waals surface area contributed by atoms with Gasteiger partial charge in [0.2, 0.25) is 5.91 Å². The molecule has 0 aromatic carbocycles. The lowest BCUT2D eigenvalue weighted by Gasteiger charge is -2.37. The first-order valence-electron chi connectivity index (χ1n) is 9.99. The van der Waals surface area contributed by atoms with Crippen LogP contribution in [0.5, 0.6) is 0 Å². The number of nitrogens with zero attached hydrogens (tertiary/aromatic N) is 1. The number of amides is 1. The van der Waals surface area contributed by atoms with Crippen molar-refractivity contribution in [3.05, 3.63) is 0 Å². The quantitative estimate of drug-likeness (QED) is 0.631. The van der Waals surface area contributed by atoms with E-state index in [2.05, 4.69) is 22.5 Å².